The Kier molecular flexibility index (Phi) is 7.30. The van der Waals surface area contributed by atoms with Gasteiger partial charge in [-0.25, -0.2) is 4.98 Å². The van der Waals surface area contributed by atoms with Crippen LogP contribution in [0.5, 0.6) is 5.75 Å². The Morgan fingerprint density at radius 2 is 1.67 bits per heavy atom. The van der Waals surface area contributed by atoms with E-state index in [0.717, 1.165) is 22.4 Å². The van der Waals surface area contributed by atoms with Gasteiger partial charge >= 0.3 is 0 Å². The van der Waals surface area contributed by atoms with Crippen molar-refractivity contribution < 1.29 is 39.3 Å². The lowest BCUT2D eigenvalue weighted by Gasteiger charge is -2.63. The molecular formula is C35H39N7O8S. The summed E-state index contributed by atoms with van der Waals surface area (Å²) in [6.07, 6.45) is 1.67. The number of carbonyl (C=O) groups excluding carboxylic acids is 5. The second kappa shape index (κ2) is 11.0. The molecule has 51 heavy (non-hydrogen) atoms. The van der Waals surface area contributed by atoms with Crippen molar-refractivity contribution in [2.75, 3.05) is 19.4 Å². The van der Waals surface area contributed by atoms with Crippen LogP contribution in [0, 0.1) is 52.3 Å². The van der Waals surface area contributed by atoms with Crippen LogP contribution in [0.4, 0.5) is 10.8 Å². The first kappa shape index (κ1) is 34.0. The van der Waals surface area contributed by atoms with Crippen molar-refractivity contribution in [1.29, 1.82) is 5.26 Å². The highest BCUT2D eigenvalue weighted by Crippen LogP contribution is 2.61. The number of thiazole rings is 1. The number of amides is 1. The number of aliphatic hydroxyl groups is 2. The second-order valence-corrected chi connectivity index (χ2v) is 16.7. The number of likely N-dealkylation sites (N-methyl/N-ethyl adjacent to an activating group) is 1. The number of aliphatic hydroxyl groups excluding tert-OH is 2. The molecule has 15 nitrogen and oxygen atoms in total. The van der Waals surface area contributed by atoms with Crippen molar-refractivity contribution >= 4 is 51.2 Å². The van der Waals surface area contributed by atoms with Gasteiger partial charge in [0, 0.05) is 11.3 Å². The molecule has 6 saturated carbocycles. The number of benzene rings is 1. The molecule has 16 heteroatoms. The van der Waals surface area contributed by atoms with Crippen LogP contribution >= 0.6 is 11.3 Å². The molecule has 1 aromatic carbocycles. The van der Waals surface area contributed by atoms with Crippen molar-refractivity contribution in [3.05, 3.63) is 34.3 Å². The monoisotopic (exact) mass is 717 g/mol. The van der Waals surface area contributed by atoms with Crippen molar-refractivity contribution in [1.82, 2.24) is 9.88 Å². The van der Waals surface area contributed by atoms with E-state index in [1.165, 1.54) is 69.7 Å². The van der Waals surface area contributed by atoms with Crippen LogP contribution in [-0.2, 0) is 19.2 Å². The number of fused-ring (bicyclic) bond motifs is 3. The molecule has 1 amide bonds. The van der Waals surface area contributed by atoms with E-state index < -0.39 is 86.9 Å². The molecular weight excluding hydrogens is 678 g/mol. The highest BCUT2D eigenvalue weighted by atomic mass is 32.1. The number of phenols is 1. The zero-order chi connectivity index (χ0) is 36.7. The average Bonchev–Trinajstić information content (AvgIpc) is 3.51. The number of Topliss-reactive ketones (excluding diaryl/α,β-unsaturated/α-hetero) is 4. The van der Waals surface area contributed by atoms with Gasteiger partial charge in [-0.3, -0.25) is 28.9 Å². The third-order valence-corrected chi connectivity index (χ3v) is 13.9. The standard InChI is InChI=1S/C35H39N7O8S/c1-42(2)26-25(45)21(30(37)49)28(47)33(11-36)29(48)22-24(44)20-16(27(46)34(22,38)31(50)35(26,33)39)3-4-17(23(20)43)40-32-41-18(10-51-32)19-14-6-12-5-13(8-14)9-15(19)7-12/h3-4,10,12-15,19,21-22,26-27,31,43,46,50H,5-9,38-39H2,1-2H3,(H2,37,49)(H,40,41)/t12?,13?,14?,15?,19?,21?,22?,26-,27+,31+,33+,34-,35+/m1/s1. The van der Waals surface area contributed by atoms with Crippen LogP contribution in [0.25, 0.3) is 0 Å². The predicted octanol–water partition coefficient (Wildman–Crippen LogP) is 0.00998. The number of hydrogen-bond acceptors (Lipinski definition) is 15. The lowest BCUT2D eigenvalue weighted by atomic mass is 9.41. The molecule has 6 fully saturated rings. The van der Waals surface area contributed by atoms with E-state index in [1.54, 1.807) is 6.07 Å². The third-order valence-electron chi connectivity index (χ3n) is 13.1. The number of aromatic hydroxyl groups is 1. The van der Waals surface area contributed by atoms with E-state index in [4.69, 9.17) is 22.2 Å². The van der Waals surface area contributed by atoms with E-state index in [0.29, 0.717) is 22.9 Å². The van der Waals surface area contributed by atoms with Gasteiger partial charge in [0.05, 0.1) is 46.2 Å². The Balaban J connectivity index is 1.19. The van der Waals surface area contributed by atoms with Crippen LogP contribution in [-0.4, -0.2) is 91.6 Å². The van der Waals surface area contributed by atoms with Gasteiger partial charge in [-0.15, -0.1) is 11.3 Å². The molecule has 0 spiro atoms. The lowest BCUT2D eigenvalue weighted by molar-refractivity contribution is -0.188. The molecule has 8 atom stereocenters. The Morgan fingerprint density at radius 3 is 2.24 bits per heavy atom. The summed E-state index contributed by atoms with van der Waals surface area (Å²) in [6, 6.07) is 2.38. The fraction of sp³-hybridized carbons (Fsp3) is 0.571. The van der Waals surface area contributed by atoms with Crippen LogP contribution in [0.3, 0.4) is 0 Å². The summed E-state index contributed by atoms with van der Waals surface area (Å²) in [5.74, 6) is -9.09. The normalized spacial score (nSPS) is 42.3. The Morgan fingerprint density at radius 1 is 1.04 bits per heavy atom. The first-order valence-electron chi connectivity index (χ1n) is 17.1. The van der Waals surface area contributed by atoms with Crippen molar-refractivity contribution in [3.63, 3.8) is 0 Å². The molecule has 7 aliphatic carbocycles. The number of aromatic nitrogens is 1. The molecule has 268 valence electrons. The number of nitrogens with zero attached hydrogens (tertiary/aromatic N) is 3. The maximum atomic E-state index is 14.6. The first-order valence-corrected chi connectivity index (χ1v) is 18.0. The summed E-state index contributed by atoms with van der Waals surface area (Å²) >= 11 is 1.34. The SMILES string of the molecule is CN(C)[C@@H]1C(=O)C(C(N)=O)C(=O)[C@@]2(C#N)C(=O)C3C(=O)c4c(ccc(Nc5nc(C6C7CC8CC(C7)CC6C8)cs5)c4O)[C@H](O)[C@@]3(N)[C@H](O)[C@@]12N. The number of phenolic OH excluding ortho intramolecular Hbond substituents is 1. The third kappa shape index (κ3) is 4.04. The lowest BCUT2D eigenvalue weighted by Crippen LogP contribution is -2.91. The highest BCUT2D eigenvalue weighted by molar-refractivity contribution is 7.13. The highest BCUT2D eigenvalue weighted by Gasteiger charge is 2.83. The molecule has 7 aliphatic rings. The molecule has 1 heterocycles. The van der Waals surface area contributed by atoms with Gasteiger partial charge in [-0.2, -0.15) is 5.26 Å². The number of ketones is 4. The minimum atomic E-state index is -3.18. The summed E-state index contributed by atoms with van der Waals surface area (Å²) in [6.45, 7) is 0. The minimum absolute atomic E-state index is 0.0255. The fourth-order valence-electron chi connectivity index (χ4n) is 11.3. The Labute approximate surface area is 296 Å². The number of nitrogens with one attached hydrogen (secondary N) is 1. The summed E-state index contributed by atoms with van der Waals surface area (Å²) in [4.78, 5) is 75.0. The zero-order valence-corrected chi connectivity index (χ0v) is 28.7. The zero-order valence-electron chi connectivity index (χ0n) is 27.9. The van der Waals surface area contributed by atoms with E-state index in [2.05, 4.69) is 5.32 Å². The van der Waals surface area contributed by atoms with Crippen molar-refractivity contribution in [2.45, 2.75) is 67.3 Å². The van der Waals surface area contributed by atoms with Crippen molar-refractivity contribution in [2.24, 2.45) is 58.1 Å². The largest absolute Gasteiger partial charge is 0.505 e. The van der Waals surface area contributed by atoms with Crippen LogP contribution in [0.2, 0.25) is 0 Å². The smallest absolute Gasteiger partial charge is 0.235 e. The molecule has 9 rings (SSSR count). The Hall–Kier alpha value is -4.11. The molecule has 0 radical (unpaired) electrons. The van der Waals surface area contributed by atoms with Crippen LogP contribution < -0.4 is 22.5 Å². The number of nitrogens with two attached hydrogens (primary N) is 3. The topological polar surface area (TPSA) is 276 Å². The van der Waals surface area contributed by atoms with Gasteiger partial charge in [0.2, 0.25) is 5.91 Å². The first-order chi connectivity index (χ1) is 24.0. The molecule has 1 aromatic heterocycles. The molecule has 2 aromatic rings. The van der Waals surface area contributed by atoms with Gasteiger partial charge in [0.15, 0.2) is 39.6 Å². The van der Waals surface area contributed by atoms with E-state index in [-0.39, 0.29) is 11.3 Å². The number of rotatable bonds is 5. The van der Waals surface area contributed by atoms with E-state index in [1.807, 2.05) is 5.38 Å². The summed E-state index contributed by atoms with van der Waals surface area (Å²) in [5.41, 5.74) is 10.3. The Bertz CT molecular complexity index is 1970. The number of primary amides is 1. The van der Waals surface area contributed by atoms with Gasteiger partial charge in [0.25, 0.3) is 0 Å². The number of hydrogen-bond donors (Lipinski definition) is 7. The maximum absolute atomic E-state index is 14.6. The second-order valence-electron chi connectivity index (χ2n) is 15.8. The molecule has 2 unspecified atom stereocenters. The fourth-order valence-corrected chi connectivity index (χ4v) is 12.1. The van der Waals surface area contributed by atoms with E-state index >= 15 is 0 Å². The number of nitriles is 1. The average molecular weight is 718 g/mol. The quantitative estimate of drug-likeness (QED) is 0.159. The van der Waals surface area contributed by atoms with Gasteiger partial charge in [-0.05, 0) is 81.5 Å². The van der Waals surface area contributed by atoms with Gasteiger partial charge in [0.1, 0.15) is 17.8 Å². The molecule has 0 aliphatic heterocycles. The summed E-state index contributed by atoms with van der Waals surface area (Å²) in [7, 11) is 2.61. The van der Waals surface area contributed by atoms with E-state index in [9.17, 15) is 44.6 Å². The number of anilines is 2. The predicted molar refractivity (Wildman–Crippen MR) is 179 cm³/mol. The molecule has 0 saturated heterocycles. The maximum Gasteiger partial charge on any atom is 0.235 e. The summed E-state index contributed by atoms with van der Waals surface area (Å²) < 4.78 is 0. The summed E-state index contributed by atoms with van der Waals surface area (Å²) in [5, 5.41) is 51.5. The van der Waals surface area contributed by atoms with Gasteiger partial charge in [-0.1, -0.05) is 6.07 Å². The molecule has 10 N–H and O–H groups in total. The van der Waals surface area contributed by atoms with Crippen molar-refractivity contribution in [3.8, 4) is 11.8 Å². The number of carbonyl (C=O) groups is 5. The minimum Gasteiger partial charge on any atom is -0.505 e. The van der Waals surface area contributed by atoms with Crippen LogP contribution in [0.1, 0.15) is 65.7 Å². The van der Waals surface area contributed by atoms with Crippen LogP contribution in [0.15, 0.2) is 17.5 Å². The molecule has 4 bridgehead atoms. The van der Waals surface area contributed by atoms with Gasteiger partial charge < -0.3 is 37.8 Å².